The quantitative estimate of drug-likeness (QED) is 0.549. The molecule has 3 nitrogen and oxygen atoms in total. The summed E-state index contributed by atoms with van der Waals surface area (Å²) in [5.41, 5.74) is 1.86. The number of hydrogen-bond donors (Lipinski definition) is 0. The van der Waals surface area contributed by atoms with E-state index in [1.807, 2.05) is 18.2 Å². The minimum absolute atomic E-state index is 0.112. The van der Waals surface area contributed by atoms with Crippen LogP contribution in [-0.4, -0.2) is 25.0 Å². The van der Waals surface area contributed by atoms with Crippen molar-refractivity contribution in [1.29, 1.82) is 0 Å². The highest BCUT2D eigenvalue weighted by Gasteiger charge is 2.24. The SMILES string of the molecule is CCCCCCN1CC(CC)Oc2ccc(C(C)=O)cc21. The van der Waals surface area contributed by atoms with E-state index in [9.17, 15) is 4.79 Å². The van der Waals surface area contributed by atoms with Crippen molar-refractivity contribution >= 4 is 11.5 Å². The summed E-state index contributed by atoms with van der Waals surface area (Å²) in [4.78, 5) is 14.0. The maximum absolute atomic E-state index is 11.6. The minimum atomic E-state index is 0.112. The van der Waals surface area contributed by atoms with Crippen LogP contribution in [0.3, 0.4) is 0 Å². The molecule has 1 heterocycles. The minimum Gasteiger partial charge on any atom is -0.486 e. The summed E-state index contributed by atoms with van der Waals surface area (Å²) < 4.78 is 6.02. The van der Waals surface area contributed by atoms with E-state index in [-0.39, 0.29) is 11.9 Å². The molecule has 116 valence electrons. The van der Waals surface area contributed by atoms with Crippen LogP contribution in [-0.2, 0) is 0 Å². The molecule has 0 aromatic heterocycles. The van der Waals surface area contributed by atoms with Crippen molar-refractivity contribution in [1.82, 2.24) is 0 Å². The molecule has 0 N–H and O–H groups in total. The molecule has 0 fully saturated rings. The van der Waals surface area contributed by atoms with Gasteiger partial charge < -0.3 is 9.64 Å². The molecule has 1 aliphatic heterocycles. The first kappa shape index (κ1) is 15.9. The molecule has 3 heteroatoms. The number of ketones is 1. The van der Waals surface area contributed by atoms with Crippen molar-refractivity contribution in [3.05, 3.63) is 23.8 Å². The predicted octanol–water partition coefficient (Wildman–Crippen LogP) is 4.45. The summed E-state index contributed by atoms with van der Waals surface area (Å²) >= 11 is 0. The Morgan fingerprint density at radius 2 is 2.10 bits per heavy atom. The van der Waals surface area contributed by atoms with Crippen LogP contribution in [0.2, 0.25) is 0 Å². The van der Waals surface area contributed by atoms with E-state index < -0.39 is 0 Å². The Hall–Kier alpha value is -1.51. The lowest BCUT2D eigenvalue weighted by atomic mass is 10.1. The largest absolute Gasteiger partial charge is 0.486 e. The Kier molecular flexibility index (Phi) is 5.66. The second-order valence-corrected chi connectivity index (χ2v) is 5.89. The van der Waals surface area contributed by atoms with Crippen LogP contribution in [0.1, 0.15) is 63.2 Å². The van der Waals surface area contributed by atoms with Crippen LogP contribution < -0.4 is 9.64 Å². The molecule has 1 unspecified atom stereocenters. The number of carbonyl (C=O) groups is 1. The summed E-state index contributed by atoms with van der Waals surface area (Å²) in [6.45, 7) is 7.99. The van der Waals surface area contributed by atoms with Crippen LogP contribution >= 0.6 is 0 Å². The number of carbonyl (C=O) groups excluding carboxylic acids is 1. The second kappa shape index (κ2) is 7.48. The van der Waals surface area contributed by atoms with Gasteiger partial charge >= 0.3 is 0 Å². The van der Waals surface area contributed by atoms with E-state index in [0.717, 1.165) is 36.5 Å². The predicted molar refractivity (Wildman–Crippen MR) is 87.5 cm³/mol. The molecule has 0 saturated carbocycles. The fourth-order valence-corrected chi connectivity index (χ4v) is 2.80. The van der Waals surface area contributed by atoms with Crippen LogP contribution in [0.5, 0.6) is 5.75 Å². The highest BCUT2D eigenvalue weighted by molar-refractivity contribution is 5.95. The summed E-state index contributed by atoms with van der Waals surface area (Å²) in [6, 6.07) is 5.81. The maximum Gasteiger partial charge on any atom is 0.159 e. The van der Waals surface area contributed by atoms with Gasteiger partial charge in [0.05, 0.1) is 12.2 Å². The summed E-state index contributed by atoms with van der Waals surface area (Å²) in [6.07, 6.45) is 6.29. The van der Waals surface area contributed by atoms with Crippen molar-refractivity contribution in [2.75, 3.05) is 18.0 Å². The van der Waals surface area contributed by atoms with Gasteiger partial charge in [0.25, 0.3) is 0 Å². The van der Waals surface area contributed by atoms with Crippen molar-refractivity contribution in [2.45, 2.75) is 59.0 Å². The molecule has 0 amide bonds. The Morgan fingerprint density at radius 1 is 1.29 bits per heavy atom. The molecule has 1 aromatic carbocycles. The van der Waals surface area contributed by atoms with Crippen LogP contribution in [0.25, 0.3) is 0 Å². The molecule has 0 bridgehead atoms. The van der Waals surface area contributed by atoms with Crippen molar-refractivity contribution in [2.24, 2.45) is 0 Å². The molecule has 0 aliphatic carbocycles. The highest BCUT2D eigenvalue weighted by Crippen LogP contribution is 2.35. The Morgan fingerprint density at radius 3 is 2.76 bits per heavy atom. The fraction of sp³-hybridized carbons (Fsp3) is 0.611. The molecular weight excluding hydrogens is 262 g/mol. The molecule has 0 spiro atoms. The van der Waals surface area contributed by atoms with Gasteiger partial charge in [0, 0.05) is 12.1 Å². The zero-order valence-corrected chi connectivity index (χ0v) is 13.5. The second-order valence-electron chi connectivity index (χ2n) is 5.89. The standard InChI is InChI=1S/C18H27NO2/c1-4-6-7-8-11-19-13-16(5-2)21-18-10-9-15(14(3)20)12-17(18)19/h9-10,12,16H,4-8,11,13H2,1-3H3. The lowest BCUT2D eigenvalue weighted by Crippen LogP contribution is -2.40. The van der Waals surface area contributed by atoms with Gasteiger partial charge in [0.1, 0.15) is 11.9 Å². The number of ether oxygens (including phenoxy) is 1. The number of nitrogens with zero attached hydrogens (tertiary/aromatic N) is 1. The van der Waals surface area contributed by atoms with E-state index in [4.69, 9.17) is 4.74 Å². The topological polar surface area (TPSA) is 29.5 Å². The zero-order valence-electron chi connectivity index (χ0n) is 13.5. The monoisotopic (exact) mass is 289 g/mol. The van der Waals surface area contributed by atoms with Crippen LogP contribution in [0.15, 0.2) is 18.2 Å². The lowest BCUT2D eigenvalue weighted by molar-refractivity contribution is 0.101. The number of Topliss-reactive ketones (excluding diaryl/α,β-unsaturated/α-hetero) is 1. The Labute approximate surface area is 128 Å². The normalized spacial score (nSPS) is 17.3. The van der Waals surface area contributed by atoms with Crippen molar-refractivity contribution in [3.63, 3.8) is 0 Å². The number of rotatable bonds is 7. The molecule has 1 aliphatic rings. The van der Waals surface area contributed by atoms with Gasteiger partial charge in [-0.1, -0.05) is 33.1 Å². The first-order chi connectivity index (χ1) is 10.2. The Bertz CT molecular complexity index is 484. The first-order valence-electron chi connectivity index (χ1n) is 8.22. The van der Waals surface area contributed by atoms with Gasteiger partial charge in [-0.2, -0.15) is 0 Å². The van der Waals surface area contributed by atoms with Gasteiger partial charge in [-0.15, -0.1) is 0 Å². The average molecular weight is 289 g/mol. The molecule has 0 saturated heterocycles. The van der Waals surface area contributed by atoms with E-state index in [1.165, 1.54) is 25.7 Å². The lowest BCUT2D eigenvalue weighted by Gasteiger charge is -2.36. The molecule has 0 radical (unpaired) electrons. The number of anilines is 1. The summed E-state index contributed by atoms with van der Waals surface area (Å²) in [5.74, 6) is 1.04. The third kappa shape index (κ3) is 3.99. The van der Waals surface area contributed by atoms with Gasteiger partial charge in [0.15, 0.2) is 5.78 Å². The van der Waals surface area contributed by atoms with E-state index in [0.29, 0.717) is 0 Å². The maximum atomic E-state index is 11.6. The van der Waals surface area contributed by atoms with Crippen molar-refractivity contribution in [3.8, 4) is 5.75 Å². The van der Waals surface area contributed by atoms with Gasteiger partial charge in [0.2, 0.25) is 0 Å². The third-order valence-corrected chi connectivity index (χ3v) is 4.16. The number of hydrogen-bond acceptors (Lipinski definition) is 3. The highest BCUT2D eigenvalue weighted by atomic mass is 16.5. The molecular formula is C18H27NO2. The number of benzene rings is 1. The van der Waals surface area contributed by atoms with Gasteiger partial charge in [-0.05, 0) is 38.0 Å². The Balaban J connectivity index is 2.16. The molecule has 2 rings (SSSR count). The molecule has 1 atom stereocenters. The summed E-state index contributed by atoms with van der Waals surface area (Å²) in [5, 5.41) is 0. The third-order valence-electron chi connectivity index (χ3n) is 4.16. The van der Waals surface area contributed by atoms with Gasteiger partial charge in [-0.3, -0.25) is 4.79 Å². The van der Waals surface area contributed by atoms with Crippen molar-refractivity contribution < 1.29 is 9.53 Å². The van der Waals surface area contributed by atoms with Gasteiger partial charge in [-0.25, -0.2) is 0 Å². The van der Waals surface area contributed by atoms with E-state index in [1.54, 1.807) is 6.92 Å². The fourth-order valence-electron chi connectivity index (χ4n) is 2.80. The first-order valence-corrected chi connectivity index (χ1v) is 8.22. The average Bonchev–Trinajstić information content (AvgIpc) is 2.50. The molecule has 21 heavy (non-hydrogen) atoms. The smallest absolute Gasteiger partial charge is 0.159 e. The summed E-state index contributed by atoms with van der Waals surface area (Å²) in [7, 11) is 0. The molecule has 1 aromatic rings. The zero-order chi connectivity index (χ0) is 15.2. The van der Waals surface area contributed by atoms with E-state index >= 15 is 0 Å². The van der Waals surface area contributed by atoms with Crippen LogP contribution in [0.4, 0.5) is 5.69 Å². The number of unbranched alkanes of at least 4 members (excludes halogenated alkanes) is 3. The van der Waals surface area contributed by atoms with Crippen LogP contribution in [0, 0.1) is 0 Å². The van der Waals surface area contributed by atoms with E-state index in [2.05, 4.69) is 18.7 Å². The number of fused-ring (bicyclic) bond motifs is 1.